The van der Waals surface area contributed by atoms with Crippen LogP contribution in [0.2, 0.25) is 0 Å². The number of aliphatic hydroxyl groups is 1. The second-order valence-electron chi connectivity index (χ2n) is 10.6. The molecule has 0 aliphatic carbocycles. The Morgan fingerprint density at radius 3 is 2.14 bits per heavy atom. The van der Waals surface area contributed by atoms with Crippen molar-refractivity contribution in [1.82, 2.24) is 29.7 Å². The van der Waals surface area contributed by atoms with Gasteiger partial charge < -0.3 is 25.1 Å². The minimum absolute atomic E-state index is 0.445. The second-order valence-corrected chi connectivity index (χ2v) is 12.5. The Bertz CT molecular complexity index is 1380. The molecular weight excluding hydrogens is 625 g/mol. The van der Waals surface area contributed by atoms with Gasteiger partial charge >= 0.3 is 25.9 Å². The molecule has 2 aromatic heterocycles. The smallest absolute Gasteiger partial charge is 0.430 e. The van der Waals surface area contributed by atoms with E-state index in [2.05, 4.69) is 25.1 Å². The first kappa shape index (κ1) is 35.5. The van der Waals surface area contributed by atoms with Crippen molar-refractivity contribution in [3.05, 3.63) is 16.7 Å². The molecule has 7 N–H and O–H groups in total. The van der Waals surface area contributed by atoms with E-state index in [0.29, 0.717) is 10.9 Å². The number of hydrogen-bond acceptors (Lipinski definition) is 14. The summed E-state index contributed by atoms with van der Waals surface area (Å²) in [5.74, 6) is -6.81. The summed E-state index contributed by atoms with van der Waals surface area (Å²) < 4.78 is 81.1. The molecule has 1 aliphatic rings. The molecule has 16 nitrogen and oxygen atoms in total. The number of nitrogens with two attached hydrogens (primary N) is 1. The first-order valence-corrected chi connectivity index (χ1v) is 14.9. The SMILES string of the molecule is CC(C)OC(=O)[C@H](C)N[P+](O)(N[C@@H](C)C(=O)OC(C)C)OC[C@@]1(C(F)F)O[C@@H](n2cnc3c(=O)[nH]c(N)nc32)C(F)(F)[C@@H]1O. The Labute approximate surface area is 248 Å². The molecule has 0 amide bonds. The molecule has 5 atom stereocenters. The average molecular weight is 661 g/mol. The van der Waals surface area contributed by atoms with Crippen LogP contribution in [-0.4, -0.2) is 96.4 Å². The molecule has 0 spiro atoms. The van der Waals surface area contributed by atoms with Crippen molar-refractivity contribution in [2.24, 2.45) is 0 Å². The zero-order valence-corrected chi connectivity index (χ0v) is 25.4. The van der Waals surface area contributed by atoms with Gasteiger partial charge in [-0.1, -0.05) is 0 Å². The lowest BCUT2D eigenvalue weighted by atomic mass is 9.96. The largest absolute Gasteiger partial charge is 0.462 e. The van der Waals surface area contributed by atoms with E-state index in [1.807, 2.05) is 0 Å². The number of ether oxygens (including phenoxy) is 3. The summed E-state index contributed by atoms with van der Waals surface area (Å²) in [4.78, 5) is 57.8. The maximum Gasteiger partial charge on any atom is 0.430 e. The minimum atomic E-state index is -4.58. The first-order chi connectivity index (χ1) is 20.2. The van der Waals surface area contributed by atoms with Crippen LogP contribution in [0.4, 0.5) is 23.5 Å². The summed E-state index contributed by atoms with van der Waals surface area (Å²) in [6.07, 6.45) is -10.4. The van der Waals surface area contributed by atoms with Crippen molar-refractivity contribution in [1.29, 1.82) is 0 Å². The molecule has 21 heteroatoms. The highest BCUT2D eigenvalue weighted by molar-refractivity contribution is 7.61. The third-order valence-electron chi connectivity index (χ3n) is 6.19. The van der Waals surface area contributed by atoms with Crippen molar-refractivity contribution in [2.45, 2.75) is 96.1 Å². The van der Waals surface area contributed by atoms with Gasteiger partial charge in [-0.15, -0.1) is 10.2 Å². The molecule has 0 bridgehead atoms. The highest BCUT2D eigenvalue weighted by Gasteiger charge is 2.72. The number of hydrogen-bond donors (Lipinski definition) is 6. The Morgan fingerprint density at radius 2 is 1.66 bits per heavy atom. The Balaban J connectivity index is 1.98. The van der Waals surface area contributed by atoms with Gasteiger partial charge in [-0.05, 0) is 41.5 Å². The van der Waals surface area contributed by atoms with Crippen LogP contribution in [0.3, 0.4) is 0 Å². The predicted octanol–water partition coefficient (Wildman–Crippen LogP) is 0.777. The molecule has 248 valence electrons. The highest BCUT2D eigenvalue weighted by atomic mass is 31.2. The number of H-pyrrole nitrogens is 1. The topological polar surface area (TPSA) is 225 Å². The summed E-state index contributed by atoms with van der Waals surface area (Å²) >= 11 is 0. The number of carbonyl (C=O) groups is 2. The van der Waals surface area contributed by atoms with Gasteiger partial charge in [0.25, 0.3) is 12.0 Å². The van der Waals surface area contributed by atoms with Crippen LogP contribution in [0, 0.1) is 0 Å². The van der Waals surface area contributed by atoms with Crippen molar-refractivity contribution in [3.63, 3.8) is 0 Å². The number of nitrogens with one attached hydrogen (secondary N) is 3. The van der Waals surface area contributed by atoms with Crippen LogP contribution in [0.15, 0.2) is 11.1 Å². The molecule has 1 fully saturated rings. The number of nitrogen functional groups attached to an aromatic ring is 1. The number of rotatable bonds is 13. The van der Waals surface area contributed by atoms with Gasteiger partial charge in [0.1, 0.15) is 18.7 Å². The quantitative estimate of drug-likeness (QED) is 0.0992. The number of halogens is 4. The normalized spacial score (nSPS) is 23.4. The van der Waals surface area contributed by atoms with Crippen molar-refractivity contribution in [2.75, 3.05) is 12.3 Å². The first-order valence-electron chi connectivity index (χ1n) is 13.2. The van der Waals surface area contributed by atoms with E-state index in [-0.39, 0.29) is 0 Å². The molecule has 44 heavy (non-hydrogen) atoms. The van der Waals surface area contributed by atoms with Gasteiger partial charge in [0.05, 0.1) is 18.5 Å². The van der Waals surface area contributed by atoms with Crippen molar-refractivity contribution < 1.29 is 55.9 Å². The predicted molar refractivity (Wildman–Crippen MR) is 145 cm³/mol. The number of imidazole rings is 1. The molecule has 0 unspecified atom stereocenters. The maximum absolute atomic E-state index is 15.5. The zero-order valence-electron chi connectivity index (χ0n) is 24.5. The van der Waals surface area contributed by atoms with Gasteiger partial charge in [-0.25, -0.2) is 13.8 Å². The van der Waals surface area contributed by atoms with Crippen LogP contribution in [0.5, 0.6) is 0 Å². The highest BCUT2D eigenvalue weighted by Crippen LogP contribution is 2.55. The molecule has 0 saturated carbocycles. The average Bonchev–Trinajstić information content (AvgIpc) is 3.39. The number of aromatic nitrogens is 4. The molecular formula is C23H35F4N7O9P+. The minimum Gasteiger partial charge on any atom is -0.462 e. The molecule has 1 aliphatic heterocycles. The summed E-state index contributed by atoms with van der Waals surface area (Å²) in [6, 6.07) is -2.76. The van der Waals surface area contributed by atoms with Crippen LogP contribution >= 0.6 is 8.02 Å². The van der Waals surface area contributed by atoms with E-state index in [1.165, 1.54) is 41.5 Å². The number of fused-ring (bicyclic) bond motifs is 1. The summed E-state index contributed by atoms with van der Waals surface area (Å²) in [6.45, 7) is 6.98. The Kier molecular flexibility index (Phi) is 10.6. The van der Waals surface area contributed by atoms with Crippen molar-refractivity contribution >= 4 is 37.1 Å². The van der Waals surface area contributed by atoms with Crippen LogP contribution in [0.1, 0.15) is 47.8 Å². The Morgan fingerprint density at radius 1 is 1.14 bits per heavy atom. The molecule has 3 rings (SSSR count). The number of nitrogens with zero attached hydrogens (tertiary/aromatic N) is 3. The van der Waals surface area contributed by atoms with E-state index in [4.69, 9.17) is 24.5 Å². The summed E-state index contributed by atoms with van der Waals surface area (Å²) in [5.41, 5.74) is 0.0218. The van der Waals surface area contributed by atoms with E-state index < -0.39 is 104 Å². The maximum atomic E-state index is 15.5. The van der Waals surface area contributed by atoms with E-state index in [9.17, 15) is 33.2 Å². The fourth-order valence-electron chi connectivity index (χ4n) is 4.12. The number of esters is 2. The third kappa shape index (κ3) is 7.27. The number of aromatic amines is 1. The van der Waals surface area contributed by atoms with Crippen molar-refractivity contribution in [3.8, 4) is 0 Å². The summed E-state index contributed by atoms with van der Waals surface area (Å²) in [7, 11) is -4.58. The third-order valence-corrected chi connectivity index (χ3v) is 8.16. The number of aliphatic hydroxyl groups excluding tert-OH is 1. The van der Waals surface area contributed by atoms with Gasteiger partial charge in [0, 0.05) is 0 Å². The van der Waals surface area contributed by atoms with Gasteiger partial charge in [0.15, 0.2) is 22.9 Å². The van der Waals surface area contributed by atoms with Crippen LogP contribution < -0.4 is 21.5 Å². The Hall–Kier alpha value is -3.00. The standard InChI is InChI=1S/C23H34F4N7O9P/c1-9(2)41-16(36)11(5)32-44(39,33-12(6)17(37)42-10(3)4)40-7-22(19(24)25)18(38)23(26,27)20(43-22)34-8-29-13-14(34)30-21(28)31-15(13)35/h8-12,18-20,32-33,38-39H,7H2,1-6H3,(H2-,28,30,31,35)/p+1/t11-,12-,18+,20+,22+/m0/s1. The number of carbonyl (C=O) groups excluding carboxylic acids is 2. The lowest BCUT2D eigenvalue weighted by Crippen LogP contribution is -2.55. The van der Waals surface area contributed by atoms with Crippen LogP contribution in [0.25, 0.3) is 11.2 Å². The lowest BCUT2D eigenvalue weighted by Gasteiger charge is -2.32. The molecule has 0 radical (unpaired) electrons. The van der Waals surface area contributed by atoms with E-state index >= 15 is 8.78 Å². The van der Waals surface area contributed by atoms with Crippen LogP contribution in [-0.2, 0) is 28.3 Å². The fourth-order valence-corrected chi connectivity index (χ4v) is 5.99. The fraction of sp³-hybridized carbons (Fsp3) is 0.696. The lowest BCUT2D eigenvalue weighted by molar-refractivity contribution is -0.192. The second kappa shape index (κ2) is 13.2. The van der Waals surface area contributed by atoms with E-state index in [1.54, 1.807) is 0 Å². The molecule has 0 aromatic carbocycles. The number of alkyl halides is 4. The van der Waals surface area contributed by atoms with Gasteiger partial charge in [0.2, 0.25) is 12.2 Å². The zero-order chi connectivity index (χ0) is 33.4. The van der Waals surface area contributed by atoms with Gasteiger partial charge in [-0.2, -0.15) is 23.2 Å². The summed E-state index contributed by atoms with van der Waals surface area (Å²) in [5, 5.41) is 15.2. The number of anilines is 1. The molecule has 3 heterocycles. The monoisotopic (exact) mass is 660 g/mol. The van der Waals surface area contributed by atoms with Gasteiger partial charge in [-0.3, -0.25) is 23.9 Å². The van der Waals surface area contributed by atoms with E-state index in [0.717, 1.165) is 0 Å². The molecule has 2 aromatic rings. The molecule has 1 saturated heterocycles.